The molecule has 2 amide bonds. The summed E-state index contributed by atoms with van der Waals surface area (Å²) in [6.45, 7) is 1.47. The minimum atomic E-state index is -4.68. The third-order valence-corrected chi connectivity index (χ3v) is 5.10. The number of hydrogen-bond acceptors (Lipinski definition) is 5. The number of hydrogen-bond donors (Lipinski definition) is 1. The first-order valence-electron chi connectivity index (χ1n) is 10.2. The van der Waals surface area contributed by atoms with Gasteiger partial charge in [-0.25, -0.2) is 9.18 Å². The van der Waals surface area contributed by atoms with Crippen molar-refractivity contribution in [1.29, 1.82) is 0 Å². The van der Waals surface area contributed by atoms with Crippen molar-refractivity contribution in [3.05, 3.63) is 64.0 Å². The molecule has 12 heteroatoms. The number of benzene rings is 2. The third kappa shape index (κ3) is 6.24. The molecular weight excluding hydrogens is 448 g/mol. The van der Waals surface area contributed by atoms with Crippen LogP contribution in [0.3, 0.4) is 0 Å². The van der Waals surface area contributed by atoms with Gasteiger partial charge in [0, 0.05) is 38.8 Å². The van der Waals surface area contributed by atoms with Crippen molar-refractivity contribution >= 4 is 17.4 Å². The summed E-state index contributed by atoms with van der Waals surface area (Å²) >= 11 is 0. The number of rotatable bonds is 7. The zero-order valence-corrected chi connectivity index (χ0v) is 17.5. The maximum atomic E-state index is 13.5. The van der Waals surface area contributed by atoms with Gasteiger partial charge in [0.05, 0.1) is 17.1 Å². The topological polar surface area (TPSA) is 88.0 Å². The predicted octanol–water partition coefficient (Wildman–Crippen LogP) is 4.05. The number of ether oxygens (including phenoxy) is 1. The lowest BCUT2D eigenvalue weighted by Crippen LogP contribution is -2.52. The molecule has 178 valence electrons. The number of nitrogens with zero attached hydrogens (tertiary/aromatic N) is 3. The first-order chi connectivity index (χ1) is 15.7. The molecule has 8 nitrogen and oxygen atoms in total. The van der Waals surface area contributed by atoms with Crippen LogP contribution >= 0.6 is 0 Å². The van der Waals surface area contributed by atoms with Crippen molar-refractivity contribution in [2.75, 3.05) is 44.2 Å². The van der Waals surface area contributed by atoms with E-state index in [2.05, 4.69) is 5.32 Å². The number of para-hydroxylation sites is 1. The molecule has 0 bridgehead atoms. The van der Waals surface area contributed by atoms with Gasteiger partial charge in [-0.2, -0.15) is 13.2 Å². The average Bonchev–Trinajstić information content (AvgIpc) is 2.79. The van der Waals surface area contributed by atoms with E-state index in [0.717, 1.165) is 12.1 Å². The van der Waals surface area contributed by atoms with Gasteiger partial charge >= 0.3 is 12.2 Å². The molecule has 2 aromatic rings. The number of carbonyl (C=O) groups excluding carboxylic acids is 1. The number of piperazine rings is 1. The quantitative estimate of drug-likeness (QED) is 0.286. The molecule has 0 aliphatic carbocycles. The number of nitro groups is 1. The van der Waals surface area contributed by atoms with Crippen LogP contribution in [0, 0.1) is 15.9 Å². The number of urea groups is 1. The number of carbonyl (C=O) groups is 1. The summed E-state index contributed by atoms with van der Waals surface area (Å²) in [5.41, 5.74) is -1.63. The molecule has 0 atom stereocenters. The highest BCUT2D eigenvalue weighted by Crippen LogP contribution is 2.36. The van der Waals surface area contributed by atoms with Crippen molar-refractivity contribution in [3.8, 4) is 5.75 Å². The van der Waals surface area contributed by atoms with Crippen molar-refractivity contribution in [3.63, 3.8) is 0 Å². The summed E-state index contributed by atoms with van der Waals surface area (Å²) in [6.07, 6.45) is -4.22. The molecule has 33 heavy (non-hydrogen) atoms. The molecule has 0 spiro atoms. The SMILES string of the molecule is O=C(NCCCOc1ccccc1F)N1CCN(c2ccc(C(F)(F)F)cc2[N+](=O)[O-])CC1. The molecule has 2 aromatic carbocycles. The Bertz CT molecular complexity index is 994. The monoisotopic (exact) mass is 470 g/mol. The van der Waals surface area contributed by atoms with Crippen molar-refractivity contribution in [1.82, 2.24) is 10.2 Å². The highest BCUT2D eigenvalue weighted by molar-refractivity contribution is 5.75. The van der Waals surface area contributed by atoms with Gasteiger partial charge in [-0.15, -0.1) is 0 Å². The second-order valence-corrected chi connectivity index (χ2v) is 7.30. The number of anilines is 1. The van der Waals surface area contributed by atoms with Crippen LogP contribution in [0.5, 0.6) is 5.75 Å². The highest BCUT2D eigenvalue weighted by atomic mass is 19.4. The molecule has 1 saturated heterocycles. The Hall–Kier alpha value is -3.57. The van der Waals surface area contributed by atoms with Crippen LogP contribution < -0.4 is 15.0 Å². The Balaban J connectivity index is 1.47. The molecule has 3 rings (SSSR count). The second-order valence-electron chi connectivity index (χ2n) is 7.30. The summed E-state index contributed by atoms with van der Waals surface area (Å²) in [5.74, 6) is -0.329. The van der Waals surface area contributed by atoms with Gasteiger partial charge in [0.25, 0.3) is 5.69 Å². The highest BCUT2D eigenvalue weighted by Gasteiger charge is 2.34. The molecule has 1 fully saturated rings. The third-order valence-electron chi connectivity index (χ3n) is 5.10. The van der Waals surface area contributed by atoms with Gasteiger partial charge in [-0.05, 0) is 30.7 Å². The van der Waals surface area contributed by atoms with Crippen LogP contribution in [-0.4, -0.2) is 55.2 Å². The van der Waals surface area contributed by atoms with E-state index in [9.17, 15) is 32.5 Å². The largest absolute Gasteiger partial charge is 0.490 e. The van der Waals surface area contributed by atoms with Crippen molar-refractivity contribution in [2.45, 2.75) is 12.6 Å². The molecule has 1 N–H and O–H groups in total. The smallest absolute Gasteiger partial charge is 0.416 e. The van der Waals surface area contributed by atoms with Gasteiger partial charge in [-0.1, -0.05) is 12.1 Å². The van der Waals surface area contributed by atoms with Crippen LogP contribution in [0.25, 0.3) is 0 Å². The lowest BCUT2D eigenvalue weighted by molar-refractivity contribution is -0.384. The van der Waals surface area contributed by atoms with E-state index in [0.29, 0.717) is 19.0 Å². The molecule has 0 aromatic heterocycles. The van der Waals surface area contributed by atoms with Crippen molar-refractivity contribution in [2.24, 2.45) is 0 Å². The lowest BCUT2D eigenvalue weighted by Gasteiger charge is -2.35. The molecule has 0 unspecified atom stereocenters. The van der Waals surface area contributed by atoms with Crippen LogP contribution in [0.2, 0.25) is 0 Å². The van der Waals surface area contributed by atoms with Gasteiger partial charge in [0.2, 0.25) is 0 Å². The Kier molecular flexibility index (Phi) is 7.56. The number of nitrogens with one attached hydrogen (secondary N) is 1. The number of halogens is 4. The summed E-state index contributed by atoms with van der Waals surface area (Å²) in [5, 5.41) is 14.0. The number of alkyl halides is 3. The minimum absolute atomic E-state index is 0.0818. The first-order valence-corrected chi connectivity index (χ1v) is 10.2. The Morgan fingerprint density at radius 3 is 2.45 bits per heavy atom. The van der Waals surface area contributed by atoms with E-state index in [-0.39, 0.29) is 50.3 Å². The maximum absolute atomic E-state index is 13.5. The van der Waals surface area contributed by atoms with E-state index >= 15 is 0 Å². The molecule has 1 heterocycles. The van der Waals surface area contributed by atoms with Crippen LogP contribution in [0.1, 0.15) is 12.0 Å². The molecule has 0 saturated carbocycles. The lowest BCUT2D eigenvalue weighted by atomic mass is 10.1. The second kappa shape index (κ2) is 10.4. The van der Waals surface area contributed by atoms with E-state index in [1.165, 1.54) is 17.0 Å². The van der Waals surface area contributed by atoms with E-state index in [4.69, 9.17) is 4.74 Å². The van der Waals surface area contributed by atoms with Crippen molar-refractivity contribution < 1.29 is 32.0 Å². The van der Waals surface area contributed by atoms with Crippen LogP contribution in [0.15, 0.2) is 42.5 Å². The minimum Gasteiger partial charge on any atom is -0.490 e. The Labute approximate surface area is 186 Å². The fourth-order valence-electron chi connectivity index (χ4n) is 3.39. The van der Waals surface area contributed by atoms with Crippen LogP contribution in [-0.2, 0) is 6.18 Å². The fraction of sp³-hybridized carbons (Fsp3) is 0.381. The van der Waals surface area contributed by atoms with Gasteiger partial charge < -0.3 is 19.9 Å². The number of nitro benzene ring substituents is 1. The molecule has 1 aliphatic rings. The van der Waals surface area contributed by atoms with Gasteiger partial charge in [0.15, 0.2) is 11.6 Å². The summed E-state index contributed by atoms with van der Waals surface area (Å²) in [6, 6.07) is 8.10. The van der Waals surface area contributed by atoms with Gasteiger partial charge in [-0.3, -0.25) is 10.1 Å². The molecule has 1 aliphatic heterocycles. The van der Waals surface area contributed by atoms with E-state index in [1.807, 2.05) is 0 Å². The van der Waals surface area contributed by atoms with Crippen LogP contribution in [0.4, 0.5) is 33.7 Å². The standard InChI is InChI=1S/C21H22F4N4O4/c22-16-4-1-2-5-19(16)33-13-3-8-26-20(30)28-11-9-27(10-12-28)17-7-6-15(21(23,24)25)14-18(17)29(31)32/h1-2,4-7,14H,3,8-13H2,(H,26,30). The van der Waals surface area contributed by atoms with Gasteiger partial charge in [0.1, 0.15) is 5.69 Å². The Morgan fingerprint density at radius 1 is 1.12 bits per heavy atom. The normalized spacial score (nSPS) is 14.2. The summed E-state index contributed by atoms with van der Waals surface area (Å²) in [7, 11) is 0. The fourth-order valence-corrected chi connectivity index (χ4v) is 3.39. The maximum Gasteiger partial charge on any atom is 0.416 e. The molecule has 0 radical (unpaired) electrons. The zero-order chi connectivity index (χ0) is 24.0. The zero-order valence-electron chi connectivity index (χ0n) is 17.5. The number of amides is 2. The van der Waals surface area contributed by atoms with E-state index in [1.54, 1.807) is 17.0 Å². The summed E-state index contributed by atoms with van der Waals surface area (Å²) in [4.78, 5) is 25.9. The summed E-state index contributed by atoms with van der Waals surface area (Å²) < 4.78 is 57.5. The Morgan fingerprint density at radius 2 is 1.82 bits per heavy atom. The molecular formula is C21H22F4N4O4. The predicted molar refractivity (Wildman–Crippen MR) is 112 cm³/mol. The average molecular weight is 470 g/mol. The first kappa shape index (κ1) is 24.1. The van der Waals surface area contributed by atoms with E-state index < -0.39 is 28.2 Å².